The Balaban J connectivity index is 1.65. The first-order chi connectivity index (χ1) is 13.3. The lowest BCUT2D eigenvalue weighted by Gasteiger charge is -2.41. The maximum absolute atomic E-state index is 13.3. The molecular formula is C20H25N5O2. The highest BCUT2D eigenvalue weighted by molar-refractivity contribution is 6.05. The summed E-state index contributed by atoms with van der Waals surface area (Å²) in [6, 6.07) is 3.53. The summed E-state index contributed by atoms with van der Waals surface area (Å²) in [5.74, 6) is 2.05. The van der Waals surface area contributed by atoms with E-state index in [-0.39, 0.29) is 11.9 Å². The number of ether oxygens (including phenoxy) is 1. The lowest BCUT2D eigenvalue weighted by molar-refractivity contribution is -0.120. The first kappa shape index (κ1) is 17.9. The number of carbonyl (C=O) groups excluding carboxylic acids is 1. The Bertz CT molecular complexity index is 779. The Kier molecular flexibility index (Phi) is 5.29. The lowest BCUT2D eigenvalue weighted by atomic mass is 9.96. The maximum atomic E-state index is 13.3. The van der Waals surface area contributed by atoms with E-state index in [1.165, 1.54) is 0 Å². The molecule has 0 spiro atoms. The van der Waals surface area contributed by atoms with Crippen molar-refractivity contribution < 1.29 is 9.53 Å². The van der Waals surface area contributed by atoms with Crippen LogP contribution in [0.2, 0.25) is 0 Å². The summed E-state index contributed by atoms with van der Waals surface area (Å²) < 4.78 is 5.45. The van der Waals surface area contributed by atoms with Crippen molar-refractivity contribution in [2.24, 2.45) is 5.92 Å². The quantitative estimate of drug-likeness (QED) is 0.809. The zero-order valence-corrected chi connectivity index (χ0v) is 15.6. The van der Waals surface area contributed by atoms with Crippen LogP contribution in [0.15, 0.2) is 36.9 Å². The third-order valence-corrected chi connectivity index (χ3v) is 5.42. The van der Waals surface area contributed by atoms with Crippen LogP contribution in [0.4, 0.5) is 17.3 Å². The molecule has 1 fully saturated rings. The van der Waals surface area contributed by atoms with Crippen molar-refractivity contribution >= 4 is 23.2 Å². The fourth-order valence-corrected chi connectivity index (χ4v) is 3.94. The van der Waals surface area contributed by atoms with Crippen LogP contribution in [0, 0.1) is 5.92 Å². The fourth-order valence-electron chi connectivity index (χ4n) is 3.94. The molecule has 2 aromatic rings. The van der Waals surface area contributed by atoms with Gasteiger partial charge in [-0.2, -0.15) is 0 Å². The van der Waals surface area contributed by atoms with Crippen LogP contribution in [0.25, 0.3) is 0 Å². The number of carbonyl (C=O) groups is 1. The highest BCUT2D eigenvalue weighted by Crippen LogP contribution is 2.38. The van der Waals surface area contributed by atoms with E-state index < -0.39 is 0 Å². The van der Waals surface area contributed by atoms with Gasteiger partial charge in [0.2, 0.25) is 0 Å². The summed E-state index contributed by atoms with van der Waals surface area (Å²) in [5.41, 5.74) is 0.864. The number of hydrogen-bond donors (Lipinski definition) is 0. The molecule has 1 unspecified atom stereocenters. The summed E-state index contributed by atoms with van der Waals surface area (Å²) >= 11 is 0. The summed E-state index contributed by atoms with van der Waals surface area (Å²) in [6.07, 6.45) is 10.6. The molecule has 0 saturated carbocycles. The average Bonchev–Trinajstić information content (AvgIpc) is 2.73. The maximum Gasteiger partial charge on any atom is 0.251 e. The number of anilines is 3. The van der Waals surface area contributed by atoms with E-state index in [4.69, 9.17) is 4.74 Å². The predicted octanol–water partition coefficient (Wildman–Crippen LogP) is 2.95. The molecule has 1 saturated heterocycles. The van der Waals surface area contributed by atoms with Gasteiger partial charge in [0.15, 0.2) is 11.6 Å². The van der Waals surface area contributed by atoms with E-state index in [1.54, 1.807) is 24.8 Å². The Hall–Kier alpha value is -2.54. The largest absolute Gasteiger partial charge is 0.381 e. The molecule has 2 aliphatic heterocycles. The van der Waals surface area contributed by atoms with Crippen molar-refractivity contribution in [2.75, 3.05) is 29.6 Å². The van der Waals surface area contributed by atoms with Gasteiger partial charge in [-0.25, -0.2) is 9.97 Å². The number of amides is 1. The molecule has 0 aliphatic carbocycles. The monoisotopic (exact) mass is 367 g/mol. The Morgan fingerprint density at radius 1 is 1.15 bits per heavy atom. The van der Waals surface area contributed by atoms with Gasteiger partial charge < -0.3 is 9.64 Å². The fraction of sp³-hybridized carbons (Fsp3) is 0.500. The smallest absolute Gasteiger partial charge is 0.251 e. The number of aromatic nitrogens is 3. The standard InChI is InChI=1S/C20H25N5O2/c1-2-17-20(26)24(11-5-15-6-12-27-13-7-15)18-19(23-10-9-22-18)25(17)16-4-3-8-21-14-16/h3-4,8-10,14-15,17H,2,5-7,11-13H2,1H3. The second-order valence-electron chi connectivity index (χ2n) is 7.04. The Labute approximate surface area is 159 Å². The molecule has 4 rings (SSSR count). The average molecular weight is 367 g/mol. The van der Waals surface area contributed by atoms with Gasteiger partial charge in [-0.1, -0.05) is 6.92 Å². The molecule has 1 atom stereocenters. The van der Waals surface area contributed by atoms with Gasteiger partial charge in [0, 0.05) is 38.3 Å². The van der Waals surface area contributed by atoms with Crippen LogP contribution < -0.4 is 9.80 Å². The lowest BCUT2D eigenvalue weighted by Crippen LogP contribution is -2.52. The molecule has 7 heteroatoms. The third kappa shape index (κ3) is 3.51. The molecule has 2 aliphatic rings. The van der Waals surface area contributed by atoms with E-state index >= 15 is 0 Å². The number of hydrogen-bond acceptors (Lipinski definition) is 6. The highest BCUT2D eigenvalue weighted by Gasteiger charge is 2.40. The predicted molar refractivity (Wildman–Crippen MR) is 103 cm³/mol. The summed E-state index contributed by atoms with van der Waals surface area (Å²) in [7, 11) is 0. The molecule has 2 aromatic heterocycles. The Morgan fingerprint density at radius 2 is 1.93 bits per heavy atom. The van der Waals surface area contributed by atoms with Gasteiger partial charge in [-0.3, -0.25) is 14.7 Å². The molecular weight excluding hydrogens is 342 g/mol. The summed E-state index contributed by atoms with van der Waals surface area (Å²) in [5, 5.41) is 0. The van der Waals surface area contributed by atoms with Gasteiger partial charge in [0.25, 0.3) is 5.91 Å². The normalized spacial score (nSPS) is 20.6. The molecule has 0 N–H and O–H groups in total. The van der Waals surface area contributed by atoms with E-state index in [2.05, 4.69) is 15.0 Å². The molecule has 7 nitrogen and oxygen atoms in total. The number of fused-ring (bicyclic) bond motifs is 1. The van der Waals surface area contributed by atoms with Gasteiger partial charge in [-0.05, 0) is 43.7 Å². The second kappa shape index (κ2) is 8.00. The first-order valence-electron chi connectivity index (χ1n) is 9.69. The molecule has 142 valence electrons. The van der Waals surface area contributed by atoms with E-state index in [9.17, 15) is 4.79 Å². The van der Waals surface area contributed by atoms with Crippen molar-refractivity contribution in [3.05, 3.63) is 36.9 Å². The van der Waals surface area contributed by atoms with E-state index in [0.717, 1.165) is 44.0 Å². The van der Waals surface area contributed by atoms with Crippen LogP contribution in [-0.2, 0) is 9.53 Å². The minimum Gasteiger partial charge on any atom is -0.381 e. The van der Waals surface area contributed by atoms with Crippen molar-refractivity contribution in [1.82, 2.24) is 15.0 Å². The van der Waals surface area contributed by atoms with Crippen molar-refractivity contribution in [3.8, 4) is 0 Å². The van der Waals surface area contributed by atoms with Gasteiger partial charge >= 0.3 is 0 Å². The van der Waals surface area contributed by atoms with E-state index in [0.29, 0.717) is 24.7 Å². The van der Waals surface area contributed by atoms with Crippen LogP contribution in [-0.4, -0.2) is 46.7 Å². The van der Waals surface area contributed by atoms with Crippen LogP contribution in [0.1, 0.15) is 32.6 Å². The van der Waals surface area contributed by atoms with Gasteiger partial charge in [0.1, 0.15) is 6.04 Å². The molecule has 27 heavy (non-hydrogen) atoms. The summed E-state index contributed by atoms with van der Waals surface area (Å²) in [6.45, 7) is 4.35. The highest BCUT2D eigenvalue weighted by atomic mass is 16.5. The second-order valence-corrected chi connectivity index (χ2v) is 7.04. The number of nitrogens with zero attached hydrogens (tertiary/aromatic N) is 5. The third-order valence-electron chi connectivity index (χ3n) is 5.42. The van der Waals surface area contributed by atoms with Crippen molar-refractivity contribution in [1.29, 1.82) is 0 Å². The molecule has 0 bridgehead atoms. The zero-order chi connectivity index (χ0) is 18.6. The van der Waals surface area contributed by atoms with Crippen molar-refractivity contribution in [2.45, 2.75) is 38.6 Å². The van der Waals surface area contributed by atoms with Crippen LogP contribution in [0.3, 0.4) is 0 Å². The minimum atomic E-state index is -0.298. The van der Waals surface area contributed by atoms with Crippen LogP contribution in [0.5, 0.6) is 0 Å². The topological polar surface area (TPSA) is 71.5 Å². The number of rotatable bonds is 5. The molecule has 0 radical (unpaired) electrons. The van der Waals surface area contributed by atoms with Crippen molar-refractivity contribution in [3.63, 3.8) is 0 Å². The SMILES string of the molecule is CCC1C(=O)N(CCC2CCOCC2)c2nccnc2N1c1cccnc1. The number of pyridine rings is 1. The zero-order valence-electron chi connectivity index (χ0n) is 15.6. The Morgan fingerprint density at radius 3 is 2.63 bits per heavy atom. The van der Waals surface area contributed by atoms with Crippen LogP contribution >= 0.6 is 0 Å². The van der Waals surface area contributed by atoms with E-state index in [1.807, 2.05) is 28.9 Å². The summed E-state index contributed by atoms with van der Waals surface area (Å²) in [4.78, 5) is 30.5. The van der Waals surface area contributed by atoms with Gasteiger partial charge in [-0.15, -0.1) is 0 Å². The minimum absolute atomic E-state index is 0.0846. The molecule has 0 aromatic carbocycles. The van der Waals surface area contributed by atoms with Gasteiger partial charge in [0.05, 0.1) is 11.9 Å². The molecule has 4 heterocycles. The molecule has 1 amide bonds. The first-order valence-corrected chi connectivity index (χ1v) is 9.69.